The predicted molar refractivity (Wildman–Crippen MR) is 58.8 cm³/mol. The van der Waals surface area contributed by atoms with Crippen LogP contribution in [-0.2, 0) is 6.18 Å². The SMILES string of the molecule is CC(Cl)C(=O)c1ccc(C(F)(F)F)cc1Br. The third-order valence-electron chi connectivity index (χ3n) is 1.92. The number of hydrogen-bond acceptors (Lipinski definition) is 1. The van der Waals surface area contributed by atoms with E-state index in [1.807, 2.05) is 0 Å². The molecule has 0 saturated heterocycles. The molecular weight excluding hydrogens is 308 g/mol. The summed E-state index contributed by atoms with van der Waals surface area (Å²) in [5, 5.41) is -0.770. The molecular formula is C10H7BrClF3O. The number of benzene rings is 1. The second kappa shape index (κ2) is 4.75. The lowest BCUT2D eigenvalue weighted by Gasteiger charge is -2.10. The molecule has 1 rings (SSSR count). The highest BCUT2D eigenvalue weighted by atomic mass is 79.9. The van der Waals surface area contributed by atoms with E-state index in [-0.39, 0.29) is 10.0 Å². The van der Waals surface area contributed by atoms with E-state index in [9.17, 15) is 18.0 Å². The molecule has 6 heteroatoms. The van der Waals surface area contributed by atoms with Gasteiger partial charge in [-0.05, 0) is 25.1 Å². The first-order valence-corrected chi connectivity index (χ1v) is 5.51. The molecule has 88 valence electrons. The van der Waals surface area contributed by atoms with Crippen molar-refractivity contribution in [3.63, 3.8) is 0 Å². The zero-order valence-electron chi connectivity index (χ0n) is 8.11. The summed E-state index contributed by atoms with van der Waals surface area (Å²) in [5.41, 5.74) is -0.659. The zero-order valence-corrected chi connectivity index (χ0v) is 10.4. The van der Waals surface area contributed by atoms with Gasteiger partial charge in [-0.3, -0.25) is 4.79 Å². The fourth-order valence-electron chi connectivity index (χ4n) is 1.11. The van der Waals surface area contributed by atoms with E-state index >= 15 is 0 Å². The number of rotatable bonds is 2. The van der Waals surface area contributed by atoms with E-state index in [2.05, 4.69) is 15.9 Å². The van der Waals surface area contributed by atoms with Gasteiger partial charge in [-0.25, -0.2) is 0 Å². The third-order valence-corrected chi connectivity index (χ3v) is 2.78. The molecule has 1 atom stereocenters. The second-order valence-electron chi connectivity index (χ2n) is 3.17. The van der Waals surface area contributed by atoms with E-state index in [4.69, 9.17) is 11.6 Å². The molecule has 0 amide bonds. The molecule has 0 radical (unpaired) electrons. The Morgan fingerprint density at radius 1 is 1.44 bits per heavy atom. The molecule has 0 aliphatic heterocycles. The molecule has 16 heavy (non-hydrogen) atoms. The molecule has 1 unspecified atom stereocenters. The number of ketones is 1. The molecule has 0 aliphatic carbocycles. The van der Waals surface area contributed by atoms with Gasteiger partial charge < -0.3 is 0 Å². The van der Waals surface area contributed by atoms with Crippen LogP contribution in [0.4, 0.5) is 13.2 Å². The van der Waals surface area contributed by atoms with E-state index in [0.29, 0.717) is 0 Å². The minimum atomic E-state index is -4.42. The van der Waals surface area contributed by atoms with Gasteiger partial charge in [0.1, 0.15) is 0 Å². The van der Waals surface area contributed by atoms with Gasteiger partial charge in [-0.15, -0.1) is 11.6 Å². The van der Waals surface area contributed by atoms with E-state index in [1.54, 1.807) is 0 Å². The fourth-order valence-corrected chi connectivity index (χ4v) is 1.80. The summed E-state index contributed by atoms with van der Waals surface area (Å²) in [7, 11) is 0. The Balaban J connectivity index is 3.15. The molecule has 0 fully saturated rings. The minimum absolute atomic E-state index is 0.0971. The number of carbonyl (C=O) groups excluding carboxylic acids is 1. The number of halogens is 5. The Labute approximate surface area is 104 Å². The van der Waals surface area contributed by atoms with Gasteiger partial charge in [0.25, 0.3) is 0 Å². The van der Waals surface area contributed by atoms with Crippen molar-refractivity contribution in [2.75, 3.05) is 0 Å². The van der Waals surface area contributed by atoms with Crippen molar-refractivity contribution in [2.24, 2.45) is 0 Å². The standard InChI is InChI=1S/C10H7BrClF3O/c1-5(12)9(16)7-3-2-6(4-8(7)11)10(13,14)15/h2-5H,1H3. The molecule has 0 aromatic heterocycles. The van der Waals surface area contributed by atoms with Crippen molar-refractivity contribution in [3.05, 3.63) is 33.8 Å². The highest BCUT2D eigenvalue weighted by Gasteiger charge is 2.31. The lowest BCUT2D eigenvalue weighted by molar-refractivity contribution is -0.137. The molecule has 0 aliphatic rings. The quantitative estimate of drug-likeness (QED) is 0.588. The van der Waals surface area contributed by atoms with Gasteiger partial charge in [0.2, 0.25) is 0 Å². The number of hydrogen-bond donors (Lipinski definition) is 0. The van der Waals surface area contributed by atoms with Crippen LogP contribution < -0.4 is 0 Å². The number of carbonyl (C=O) groups is 1. The van der Waals surface area contributed by atoms with Crippen LogP contribution >= 0.6 is 27.5 Å². The first-order valence-electron chi connectivity index (χ1n) is 4.28. The fraction of sp³-hybridized carbons (Fsp3) is 0.300. The van der Waals surface area contributed by atoms with Crippen molar-refractivity contribution in [1.82, 2.24) is 0 Å². The molecule has 0 saturated carbocycles. The van der Waals surface area contributed by atoms with Crippen molar-refractivity contribution >= 4 is 33.3 Å². The average molecular weight is 316 g/mol. The Morgan fingerprint density at radius 2 is 2.00 bits per heavy atom. The minimum Gasteiger partial charge on any atom is -0.292 e. The largest absolute Gasteiger partial charge is 0.416 e. The molecule has 1 aromatic rings. The Bertz CT molecular complexity index is 415. The van der Waals surface area contributed by atoms with Crippen molar-refractivity contribution in [2.45, 2.75) is 18.5 Å². The highest BCUT2D eigenvalue weighted by molar-refractivity contribution is 9.10. The summed E-state index contributed by atoms with van der Waals surface area (Å²) in [6.07, 6.45) is -4.42. The van der Waals surface area contributed by atoms with Gasteiger partial charge in [-0.2, -0.15) is 13.2 Å². The predicted octanol–water partition coefficient (Wildman–Crippen LogP) is 4.28. The van der Waals surface area contributed by atoms with Crippen molar-refractivity contribution < 1.29 is 18.0 Å². The topological polar surface area (TPSA) is 17.1 Å². The van der Waals surface area contributed by atoms with Gasteiger partial charge in [-0.1, -0.05) is 15.9 Å². The lowest BCUT2D eigenvalue weighted by Crippen LogP contribution is -2.12. The number of alkyl halides is 4. The highest BCUT2D eigenvalue weighted by Crippen LogP contribution is 2.32. The van der Waals surface area contributed by atoms with Gasteiger partial charge in [0.05, 0.1) is 10.9 Å². The molecule has 1 aromatic carbocycles. The molecule has 0 bridgehead atoms. The van der Waals surface area contributed by atoms with Gasteiger partial charge in [0, 0.05) is 10.0 Å². The monoisotopic (exact) mass is 314 g/mol. The molecule has 0 spiro atoms. The maximum Gasteiger partial charge on any atom is 0.416 e. The summed E-state index contributed by atoms with van der Waals surface area (Å²) < 4.78 is 37.1. The Kier molecular flexibility index (Phi) is 4.02. The maximum absolute atomic E-state index is 12.3. The van der Waals surface area contributed by atoms with Crippen LogP contribution in [0.2, 0.25) is 0 Å². The van der Waals surface area contributed by atoms with Gasteiger partial charge in [0.15, 0.2) is 5.78 Å². The van der Waals surface area contributed by atoms with Gasteiger partial charge >= 0.3 is 6.18 Å². The summed E-state index contributed by atoms with van der Waals surface area (Å²) >= 11 is 8.50. The van der Waals surface area contributed by atoms with Crippen LogP contribution in [0, 0.1) is 0 Å². The van der Waals surface area contributed by atoms with Crippen LogP contribution in [0.5, 0.6) is 0 Å². The number of Topliss-reactive ketones (excluding diaryl/α,β-unsaturated/α-hetero) is 1. The zero-order chi connectivity index (χ0) is 12.5. The van der Waals surface area contributed by atoms with Crippen LogP contribution in [0.1, 0.15) is 22.8 Å². The smallest absolute Gasteiger partial charge is 0.292 e. The first-order chi connectivity index (χ1) is 7.23. The van der Waals surface area contributed by atoms with Crippen LogP contribution in [-0.4, -0.2) is 11.2 Å². The maximum atomic E-state index is 12.3. The first kappa shape index (κ1) is 13.5. The molecule has 0 heterocycles. The Hall–Kier alpha value is -0.550. The summed E-state index contributed by atoms with van der Waals surface area (Å²) in [6.45, 7) is 1.47. The van der Waals surface area contributed by atoms with Crippen molar-refractivity contribution in [3.8, 4) is 0 Å². The summed E-state index contributed by atoms with van der Waals surface area (Å²) in [6, 6.07) is 2.85. The molecule has 0 N–H and O–H groups in total. The van der Waals surface area contributed by atoms with Crippen LogP contribution in [0.3, 0.4) is 0 Å². The summed E-state index contributed by atoms with van der Waals surface area (Å²) in [4.78, 5) is 11.5. The van der Waals surface area contributed by atoms with Crippen molar-refractivity contribution in [1.29, 1.82) is 0 Å². The second-order valence-corrected chi connectivity index (χ2v) is 4.68. The van der Waals surface area contributed by atoms with E-state index in [0.717, 1.165) is 18.2 Å². The van der Waals surface area contributed by atoms with Crippen LogP contribution in [0.25, 0.3) is 0 Å². The lowest BCUT2D eigenvalue weighted by atomic mass is 10.1. The normalized spacial score (nSPS) is 13.6. The Morgan fingerprint density at radius 3 is 2.38 bits per heavy atom. The summed E-state index contributed by atoms with van der Waals surface area (Å²) in [5.74, 6) is -0.415. The van der Waals surface area contributed by atoms with E-state index in [1.165, 1.54) is 6.92 Å². The molecule has 1 nitrogen and oxygen atoms in total. The third kappa shape index (κ3) is 2.98. The van der Waals surface area contributed by atoms with Crippen LogP contribution in [0.15, 0.2) is 22.7 Å². The van der Waals surface area contributed by atoms with E-state index < -0.39 is 22.9 Å². The average Bonchev–Trinajstić information content (AvgIpc) is 2.15.